The molecule has 0 atom stereocenters. The van der Waals surface area contributed by atoms with Crippen molar-refractivity contribution in [2.24, 2.45) is 0 Å². The summed E-state index contributed by atoms with van der Waals surface area (Å²) in [6.45, 7) is 0. The molecular weight excluding hydrogens is 281 g/mol. The Balaban J connectivity index is 1.98. The number of fused-ring (bicyclic) bond motifs is 2. The van der Waals surface area contributed by atoms with E-state index < -0.39 is 5.82 Å². The highest BCUT2D eigenvalue weighted by molar-refractivity contribution is 6.35. The first-order valence-corrected chi connectivity index (χ1v) is 6.23. The van der Waals surface area contributed by atoms with Crippen molar-refractivity contribution in [1.82, 2.24) is 24.9 Å². The molecule has 0 amide bonds. The first-order chi connectivity index (χ1) is 9.72. The number of hydrogen-bond acceptors (Lipinski definition) is 3. The molecule has 0 unspecified atom stereocenters. The summed E-state index contributed by atoms with van der Waals surface area (Å²) in [6, 6.07) is 1.41. The minimum atomic E-state index is -0.401. The molecule has 98 valence electrons. The van der Waals surface area contributed by atoms with Gasteiger partial charge < -0.3 is 9.97 Å². The molecule has 20 heavy (non-hydrogen) atoms. The third-order valence-electron chi connectivity index (χ3n) is 3.12. The molecule has 0 aromatic carbocycles. The van der Waals surface area contributed by atoms with Gasteiger partial charge in [-0.15, -0.1) is 0 Å². The van der Waals surface area contributed by atoms with Crippen molar-refractivity contribution in [2.75, 3.05) is 0 Å². The fraction of sp³-hybridized carbons (Fsp3) is 0. The number of hydrogen-bond donors (Lipinski definition) is 2. The van der Waals surface area contributed by atoms with Crippen molar-refractivity contribution < 1.29 is 4.39 Å². The Bertz CT molecular complexity index is 942. The average Bonchev–Trinajstić information content (AvgIpc) is 3.02. The van der Waals surface area contributed by atoms with Crippen LogP contribution in [0.2, 0.25) is 5.02 Å². The maximum Gasteiger partial charge on any atom is 0.163 e. The van der Waals surface area contributed by atoms with Gasteiger partial charge in [0.1, 0.15) is 17.1 Å². The number of nitrogens with one attached hydrogen (secondary N) is 2. The van der Waals surface area contributed by atoms with E-state index in [9.17, 15) is 4.39 Å². The summed E-state index contributed by atoms with van der Waals surface area (Å²) in [7, 11) is 0. The lowest BCUT2D eigenvalue weighted by molar-refractivity contribution is 0.624. The summed E-state index contributed by atoms with van der Waals surface area (Å²) in [5.41, 5.74) is 1.92. The average molecular weight is 288 g/mol. The predicted octanol–water partition coefficient (Wildman–Crippen LogP) is 3.29. The van der Waals surface area contributed by atoms with E-state index in [-0.39, 0.29) is 0 Å². The van der Waals surface area contributed by atoms with Gasteiger partial charge in [-0.3, -0.25) is 0 Å². The SMILES string of the molecule is Fc1cnc2[nH]cc(-c3ncc4c(Cl)c[nH]c4n3)c2c1. The highest BCUT2D eigenvalue weighted by Crippen LogP contribution is 2.28. The summed E-state index contributed by atoms with van der Waals surface area (Å²) in [5.74, 6) is 0.0806. The van der Waals surface area contributed by atoms with Crippen LogP contribution in [0.1, 0.15) is 0 Å². The molecule has 0 saturated heterocycles. The summed E-state index contributed by atoms with van der Waals surface area (Å²) in [5, 5.41) is 1.96. The second kappa shape index (κ2) is 4.01. The lowest BCUT2D eigenvalue weighted by Crippen LogP contribution is -1.88. The number of aromatic amines is 2. The van der Waals surface area contributed by atoms with Gasteiger partial charge in [0.2, 0.25) is 0 Å². The quantitative estimate of drug-likeness (QED) is 0.564. The van der Waals surface area contributed by atoms with Crippen LogP contribution in [0.15, 0.2) is 30.9 Å². The highest BCUT2D eigenvalue weighted by Gasteiger charge is 2.12. The van der Waals surface area contributed by atoms with Gasteiger partial charge in [-0.25, -0.2) is 19.3 Å². The third-order valence-corrected chi connectivity index (χ3v) is 3.43. The van der Waals surface area contributed by atoms with Crippen LogP contribution < -0.4 is 0 Å². The zero-order valence-corrected chi connectivity index (χ0v) is 10.7. The Kier molecular flexibility index (Phi) is 2.28. The number of rotatable bonds is 1. The molecule has 4 heterocycles. The van der Waals surface area contributed by atoms with Crippen LogP contribution in [0.5, 0.6) is 0 Å². The predicted molar refractivity (Wildman–Crippen MR) is 73.9 cm³/mol. The zero-order valence-electron chi connectivity index (χ0n) is 9.98. The first-order valence-electron chi connectivity index (χ1n) is 5.85. The van der Waals surface area contributed by atoms with Crippen LogP contribution in [0.25, 0.3) is 33.5 Å². The summed E-state index contributed by atoms with van der Waals surface area (Å²) >= 11 is 5.99. The van der Waals surface area contributed by atoms with Gasteiger partial charge in [0.25, 0.3) is 0 Å². The fourth-order valence-corrected chi connectivity index (χ4v) is 2.36. The van der Waals surface area contributed by atoms with E-state index in [2.05, 4.69) is 24.9 Å². The Morgan fingerprint density at radius 2 is 1.85 bits per heavy atom. The molecule has 5 nitrogen and oxygen atoms in total. The maximum absolute atomic E-state index is 13.3. The highest BCUT2D eigenvalue weighted by atomic mass is 35.5. The molecule has 4 aromatic rings. The summed E-state index contributed by atoms with van der Waals surface area (Å²) in [4.78, 5) is 18.6. The Hall–Kier alpha value is -2.47. The molecule has 0 aliphatic rings. The number of halogens is 2. The van der Waals surface area contributed by atoms with Crippen molar-refractivity contribution in [3.05, 3.63) is 41.7 Å². The van der Waals surface area contributed by atoms with Crippen molar-refractivity contribution in [3.63, 3.8) is 0 Å². The van der Waals surface area contributed by atoms with Gasteiger partial charge >= 0.3 is 0 Å². The van der Waals surface area contributed by atoms with E-state index in [0.717, 1.165) is 11.6 Å². The normalized spacial score (nSPS) is 11.5. The largest absolute Gasteiger partial charge is 0.345 e. The Morgan fingerprint density at radius 1 is 1.00 bits per heavy atom. The van der Waals surface area contributed by atoms with Crippen molar-refractivity contribution in [2.45, 2.75) is 0 Å². The van der Waals surface area contributed by atoms with Gasteiger partial charge in [0.05, 0.1) is 16.6 Å². The molecular formula is C13H7ClFN5. The topological polar surface area (TPSA) is 70.2 Å². The van der Waals surface area contributed by atoms with Crippen molar-refractivity contribution in [1.29, 1.82) is 0 Å². The smallest absolute Gasteiger partial charge is 0.163 e. The van der Waals surface area contributed by atoms with Crippen molar-refractivity contribution >= 4 is 33.7 Å². The molecule has 4 aromatic heterocycles. The van der Waals surface area contributed by atoms with Crippen LogP contribution in [0.3, 0.4) is 0 Å². The van der Waals surface area contributed by atoms with E-state index in [1.165, 1.54) is 6.07 Å². The molecule has 0 saturated carbocycles. The van der Waals surface area contributed by atoms with Crippen LogP contribution in [-0.4, -0.2) is 24.9 Å². The number of nitrogens with zero attached hydrogens (tertiary/aromatic N) is 3. The second-order valence-corrected chi connectivity index (χ2v) is 4.75. The standard InChI is InChI=1S/C13H7ClFN5/c14-10-5-19-13-9(10)4-18-12(20-13)8-3-17-11-7(8)1-6(15)2-16-11/h1-5H,(H,16,17)(H,18,19,20). The number of pyridine rings is 1. The molecule has 0 fully saturated rings. The van der Waals surface area contributed by atoms with Crippen LogP contribution in [0, 0.1) is 5.82 Å². The van der Waals surface area contributed by atoms with Crippen LogP contribution >= 0.6 is 11.6 Å². The Labute approximate surface area is 116 Å². The third kappa shape index (κ3) is 1.58. The minimum Gasteiger partial charge on any atom is -0.345 e. The van der Waals surface area contributed by atoms with E-state index >= 15 is 0 Å². The summed E-state index contributed by atoms with van der Waals surface area (Å²) in [6.07, 6.45) is 6.17. The molecule has 0 aliphatic heterocycles. The van der Waals surface area contributed by atoms with Crippen molar-refractivity contribution in [3.8, 4) is 11.4 Å². The second-order valence-electron chi connectivity index (χ2n) is 4.34. The van der Waals surface area contributed by atoms with Crippen LogP contribution in [0.4, 0.5) is 4.39 Å². The Morgan fingerprint density at radius 3 is 2.75 bits per heavy atom. The molecule has 0 bridgehead atoms. The molecule has 4 rings (SSSR count). The fourth-order valence-electron chi connectivity index (χ4n) is 2.17. The van der Waals surface area contributed by atoms with Crippen LogP contribution in [-0.2, 0) is 0 Å². The van der Waals surface area contributed by atoms with E-state index in [4.69, 9.17) is 11.6 Å². The molecule has 0 spiro atoms. The van der Waals surface area contributed by atoms with Gasteiger partial charge in [-0.2, -0.15) is 0 Å². The van der Waals surface area contributed by atoms with Gasteiger partial charge in [-0.1, -0.05) is 11.6 Å². The van der Waals surface area contributed by atoms with E-state index in [1.807, 2.05) is 0 Å². The van der Waals surface area contributed by atoms with Gasteiger partial charge in [-0.05, 0) is 6.07 Å². The lowest BCUT2D eigenvalue weighted by atomic mass is 10.2. The van der Waals surface area contributed by atoms with E-state index in [1.54, 1.807) is 18.6 Å². The molecule has 7 heteroatoms. The van der Waals surface area contributed by atoms with Gasteiger partial charge in [0, 0.05) is 29.5 Å². The minimum absolute atomic E-state index is 0.401. The monoisotopic (exact) mass is 287 g/mol. The maximum atomic E-state index is 13.3. The number of H-pyrrole nitrogens is 2. The zero-order chi connectivity index (χ0) is 13.7. The molecule has 0 aliphatic carbocycles. The molecule has 2 N–H and O–H groups in total. The molecule has 0 radical (unpaired) electrons. The lowest BCUT2D eigenvalue weighted by Gasteiger charge is -1.98. The van der Waals surface area contributed by atoms with E-state index in [0.29, 0.717) is 33.1 Å². The first kappa shape index (κ1) is 11.4. The van der Waals surface area contributed by atoms with Gasteiger partial charge in [0.15, 0.2) is 5.82 Å². The summed E-state index contributed by atoms with van der Waals surface area (Å²) < 4.78 is 13.3. The number of aromatic nitrogens is 5.